The SMILES string of the molecule is CCNC(=NCC(C)Oc1ccc(F)cc1)NCCCNC(=O)c1occc1C. The van der Waals surface area contributed by atoms with E-state index in [1.165, 1.54) is 18.4 Å². The van der Waals surface area contributed by atoms with Gasteiger partial charge in [-0.05, 0) is 57.5 Å². The number of halogens is 1. The van der Waals surface area contributed by atoms with Crippen molar-refractivity contribution >= 4 is 11.9 Å². The summed E-state index contributed by atoms with van der Waals surface area (Å²) in [6.07, 6.45) is 2.08. The number of hydrogen-bond acceptors (Lipinski definition) is 4. The first-order valence-corrected chi connectivity index (χ1v) is 9.76. The molecule has 0 bridgehead atoms. The van der Waals surface area contributed by atoms with E-state index < -0.39 is 0 Å². The highest BCUT2D eigenvalue weighted by Gasteiger charge is 2.11. The second-order valence-electron chi connectivity index (χ2n) is 6.57. The minimum absolute atomic E-state index is 0.160. The smallest absolute Gasteiger partial charge is 0.287 e. The van der Waals surface area contributed by atoms with Crippen LogP contribution in [0.3, 0.4) is 0 Å². The quantitative estimate of drug-likeness (QED) is 0.322. The van der Waals surface area contributed by atoms with E-state index in [9.17, 15) is 9.18 Å². The molecule has 0 saturated carbocycles. The summed E-state index contributed by atoms with van der Waals surface area (Å²) < 4.78 is 23.8. The topological polar surface area (TPSA) is 87.9 Å². The first-order valence-electron chi connectivity index (χ1n) is 9.76. The van der Waals surface area contributed by atoms with E-state index in [2.05, 4.69) is 20.9 Å². The van der Waals surface area contributed by atoms with Gasteiger partial charge in [-0.25, -0.2) is 9.38 Å². The number of guanidine groups is 1. The highest BCUT2D eigenvalue weighted by molar-refractivity contribution is 5.92. The zero-order valence-corrected chi connectivity index (χ0v) is 17.1. The zero-order chi connectivity index (χ0) is 21.1. The van der Waals surface area contributed by atoms with Crippen LogP contribution in [0, 0.1) is 12.7 Å². The van der Waals surface area contributed by atoms with Gasteiger partial charge < -0.3 is 25.1 Å². The third-order valence-corrected chi connectivity index (χ3v) is 4.00. The molecule has 0 aliphatic carbocycles. The Morgan fingerprint density at radius 3 is 2.55 bits per heavy atom. The van der Waals surface area contributed by atoms with Crippen LogP contribution in [0.2, 0.25) is 0 Å². The molecule has 0 fully saturated rings. The molecule has 1 aromatic heterocycles. The summed E-state index contributed by atoms with van der Waals surface area (Å²) >= 11 is 0. The summed E-state index contributed by atoms with van der Waals surface area (Å²) in [4.78, 5) is 16.5. The Morgan fingerprint density at radius 1 is 1.17 bits per heavy atom. The van der Waals surface area contributed by atoms with Crippen molar-refractivity contribution in [1.29, 1.82) is 0 Å². The number of carbonyl (C=O) groups is 1. The first-order chi connectivity index (χ1) is 14.0. The number of benzene rings is 1. The van der Waals surface area contributed by atoms with Crippen molar-refractivity contribution in [2.24, 2.45) is 4.99 Å². The molecule has 29 heavy (non-hydrogen) atoms. The molecule has 1 aromatic carbocycles. The van der Waals surface area contributed by atoms with Gasteiger partial charge in [-0.3, -0.25) is 4.79 Å². The molecule has 1 heterocycles. The minimum atomic E-state index is -0.294. The maximum Gasteiger partial charge on any atom is 0.287 e. The molecule has 8 heteroatoms. The van der Waals surface area contributed by atoms with Crippen LogP contribution in [-0.2, 0) is 0 Å². The lowest BCUT2D eigenvalue weighted by Crippen LogP contribution is -2.39. The van der Waals surface area contributed by atoms with Crippen molar-refractivity contribution in [2.45, 2.75) is 33.3 Å². The number of nitrogens with zero attached hydrogens (tertiary/aromatic N) is 1. The molecular weight excluding hydrogens is 375 g/mol. The second-order valence-corrected chi connectivity index (χ2v) is 6.57. The molecule has 0 radical (unpaired) electrons. The van der Waals surface area contributed by atoms with E-state index in [0.29, 0.717) is 37.1 Å². The van der Waals surface area contributed by atoms with E-state index in [1.807, 2.05) is 20.8 Å². The van der Waals surface area contributed by atoms with E-state index >= 15 is 0 Å². The molecule has 158 valence electrons. The number of rotatable bonds is 10. The Balaban J connectivity index is 1.70. The monoisotopic (exact) mass is 404 g/mol. The standard InChI is InChI=1S/C21H29FN4O3/c1-4-23-21(26-14-16(3)29-18-8-6-17(22)7-9-18)25-12-5-11-24-20(27)19-15(2)10-13-28-19/h6-10,13,16H,4-5,11-12,14H2,1-3H3,(H,24,27)(H2,23,25,26). The van der Waals surface area contributed by atoms with Crippen LogP contribution < -0.4 is 20.7 Å². The van der Waals surface area contributed by atoms with E-state index in [4.69, 9.17) is 9.15 Å². The van der Waals surface area contributed by atoms with Gasteiger partial charge >= 0.3 is 0 Å². The van der Waals surface area contributed by atoms with Crippen LogP contribution in [0.25, 0.3) is 0 Å². The lowest BCUT2D eigenvalue weighted by atomic mass is 10.2. The summed E-state index contributed by atoms with van der Waals surface area (Å²) in [6.45, 7) is 8.07. The molecule has 2 rings (SSSR count). The van der Waals surface area contributed by atoms with Gasteiger partial charge in [0.15, 0.2) is 11.7 Å². The second kappa shape index (κ2) is 11.7. The van der Waals surface area contributed by atoms with Crippen molar-refractivity contribution in [3.8, 4) is 5.75 Å². The normalized spacial score (nSPS) is 12.3. The summed E-state index contributed by atoms with van der Waals surface area (Å²) in [6, 6.07) is 7.68. The molecule has 1 atom stereocenters. The highest BCUT2D eigenvalue weighted by atomic mass is 19.1. The summed E-state index contributed by atoms with van der Waals surface area (Å²) in [7, 11) is 0. The van der Waals surface area contributed by atoms with Gasteiger partial charge in [0.1, 0.15) is 17.7 Å². The van der Waals surface area contributed by atoms with Gasteiger partial charge in [0.2, 0.25) is 0 Å². The van der Waals surface area contributed by atoms with Gasteiger partial charge in [0.05, 0.1) is 12.8 Å². The molecule has 0 aliphatic rings. The fraction of sp³-hybridized carbons (Fsp3) is 0.429. The Hall–Kier alpha value is -3.03. The molecule has 1 amide bonds. The number of furan rings is 1. The third-order valence-electron chi connectivity index (χ3n) is 4.00. The zero-order valence-electron chi connectivity index (χ0n) is 17.1. The third kappa shape index (κ3) is 7.85. The number of amides is 1. The summed E-state index contributed by atoms with van der Waals surface area (Å²) in [5.41, 5.74) is 0.819. The lowest BCUT2D eigenvalue weighted by Gasteiger charge is -2.15. The van der Waals surface area contributed by atoms with Crippen molar-refractivity contribution in [3.05, 3.63) is 53.7 Å². The Bertz CT molecular complexity index is 789. The summed E-state index contributed by atoms with van der Waals surface area (Å²) in [5, 5.41) is 9.23. The molecule has 7 nitrogen and oxygen atoms in total. The fourth-order valence-corrected chi connectivity index (χ4v) is 2.53. The molecule has 2 aromatic rings. The van der Waals surface area contributed by atoms with Crippen LogP contribution in [0.15, 0.2) is 46.0 Å². The lowest BCUT2D eigenvalue weighted by molar-refractivity contribution is 0.0925. The van der Waals surface area contributed by atoms with Crippen molar-refractivity contribution in [3.63, 3.8) is 0 Å². The van der Waals surface area contributed by atoms with Crippen LogP contribution in [-0.4, -0.2) is 44.1 Å². The number of ether oxygens (including phenoxy) is 1. The molecule has 0 aliphatic heterocycles. The predicted molar refractivity (Wildman–Crippen MR) is 111 cm³/mol. The molecule has 0 spiro atoms. The van der Waals surface area contributed by atoms with Crippen LogP contribution in [0.4, 0.5) is 4.39 Å². The highest BCUT2D eigenvalue weighted by Crippen LogP contribution is 2.13. The largest absolute Gasteiger partial charge is 0.489 e. The Labute approximate surface area is 170 Å². The van der Waals surface area contributed by atoms with Crippen LogP contribution in [0.1, 0.15) is 36.4 Å². The van der Waals surface area contributed by atoms with Crippen LogP contribution in [0.5, 0.6) is 5.75 Å². The number of hydrogen-bond donors (Lipinski definition) is 3. The number of carbonyl (C=O) groups excluding carboxylic acids is 1. The van der Waals surface area contributed by atoms with Crippen molar-refractivity contribution in [2.75, 3.05) is 26.2 Å². The fourth-order valence-electron chi connectivity index (χ4n) is 2.53. The van der Waals surface area contributed by atoms with E-state index in [-0.39, 0.29) is 17.8 Å². The molecule has 0 saturated heterocycles. The number of aryl methyl sites for hydroxylation is 1. The van der Waals surface area contributed by atoms with E-state index in [1.54, 1.807) is 18.2 Å². The minimum Gasteiger partial charge on any atom is -0.489 e. The maximum atomic E-state index is 12.9. The number of aliphatic imine (C=N–C) groups is 1. The van der Waals surface area contributed by atoms with Gasteiger partial charge in [-0.1, -0.05) is 0 Å². The van der Waals surface area contributed by atoms with Gasteiger partial charge in [0, 0.05) is 25.2 Å². The number of nitrogens with one attached hydrogen (secondary N) is 3. The molecule has 1 unspecified atom stereocenters. The molecular formula is C21H29FN4O3. The van der Waals surface area contributed by atoms with Crippen molar-refractivity contribution in [1.82, 2.24) is 16.0 Å². The Kier molecular flexibility index (Phi) is 9.01. The van der Waals surface area contributed by atoms with E-state index in [0.717, 1.165) is 18.5 Å². The Morgan fingerprint density at radius 2 is 1.90 bits per heavy atom. The average Bonchev–Trinajstić information content (AvgIpc) is 3.13. The van der Waals surface area contributed by atoms with Crippen LogP contribution >= 0.6 is 0 Å². The predicted octanol–water partition coefficient (Wildman–Crippen LogP) is 2.87. The van der Waals surface area contributed by atoms with Gasteiger partial charge in [0.25, 0.3) is 5.91 Å². The maximum absolute atomic E-state index is 12.9. The molecule has 3 N–H and O–H groups in total. The average molecular weight is 404 g/mol. The first kappa shape index (κ1) is 22.3. The summed E-state index contributed by atoms with van der Waals surface area (Å²) in [5.74, 6) is 1.13. The van der Waals surface area contributed by atoms with Gasteiger partial charge in [-0.15, -0.1) is 0 Å². The van der Waals surface area contributed by atoms with Gasteiger partial charge in [-0.2, -0.15) is 0 Å². The van der Waals surface area contributed by atoms with Crippen molar-refractivity contribution < 1.29 is 18.3 Å².